The van der Waals surface area contributed by atoms with Crippen LogP contribution in [0.2, 0.25) is 24.2 Å². The van der Waals surface area contributed by atoms with Crippen molar-refractivity contribution in [1.82, 2.24) is 0 Å². The van der Waals surface area contributed by atoms with Crippen molar-refractivity contribution in [3.05, 3.63) is 0 Å². The second kappa shape index (κ2) is 5.63. The van der Waals surface area contributed by atoms with Crippen LogP contribution < -0.4 is 0 Å². The summed E-state index contributed by atoms with van der Waals surface area (Å²) in [5.41, 5.74) is 0. The van der Waals surface area contributed by atoms with Crippen molar-refractivity contribution in [2.75, 3.05) is 13.2 Å². The maximum atomic E-state index is 10.9. The third kappa shape index (κ3) is 3.08. The van der Waals surface area contributed by atoms with Gasteiger partial charge >= 0.3 is 12.3 Å². The van der Waals surface area contributed by atoms with Crippen molar-refractivity contribution in [3.8, 4) is 0 Å². The van der Waals surface area contributed by atoms with Gasteiger partial charge in [0.25, 0.3) is 0 Å². The first kappa shape index (κ1) is 13.7. The van der Waals surface area contributed by atoms with Gasteiger partial charge in [-0.2, -0.15) is 0 Å². The number of carbonyl (C=O) groups excluding carboxylic acids is 2. The van der Waals surface area contributed by atoms with Gasteiger partial charge in [0.15, 0.2) is 0 Å². The van der Waals surface area contributed by atoms with Gasteiger partial charge in [-0.3, -0.25) is 0 Å². The number of rotatable bonds is 6. The molecule has 3 rings (SSSR count). The molecule has 0 radical (unpaired) electrons. The summed E-state index contributed by atoms with van der Waals surface area (Å²) in [6.45, 7) is 0.800. The Morgan fingerprint density at radius 3 is 1.70 bits per heavy atom. The first-order valence-corrected chi connectivity index (χ1v) is 10.1. The van der Waals surface area contributed by atoms with E-state index >= 15 is 0 Å². The topological polar surface area (TPSA) is 71.1 Å². The monoisotopic (exact) mass is 300 g/mol. The molecule has 0 aromatic rings. The second-order valence-electron chi connectivity index (χ2n) is 6.03. The summed E-state index contributed by atoms with van der Waals surface area (Å²) in [5.74, 6) is 0. The molecule has 0 aliphatic carbocycles. The molecule has 0 N–H and O–H groups in total. The Morgan fingerprint density at radius 1 is 0.900 bits per heavy atom. The number of cyclic esters (lactones) is 4. The summed E-state index contributed by atoms with van der Waals surface area (Å²) < 4.78 is 19.8. The largest absolute Gasteiger partial charge is 0.508 e. The maximum absolute atomic E-state index is 10.9. The van der Waals surface area contributed by atoms with Crippen molar-refractivity contribution in [1.29, 1.82) is 0 Å². The van der Waals surface area contributed by atoms with Crippen LogP contribution in [0.4, 0.5) is 9.59 Å². The molecule has 20 heavy (non-hydrogen) atoms. The number of carbonyl (C=O) groups is 2. The van der Waals surface area contributed by atoms with E-state index in [1.807, 2.05) is 0 Å². The van der Waals surface area contributed by atoms with Gasteiger partial charge < -0.3 is 18.9 Å². The van der Waals surface area contributed by atoms with Crippen molar-refractivity contribution >= 4 is 20.4 Å². The molecule has 0 aromatic heterocycles. The average molecular weight is 300 g/mol. The molecule has 3 fully saturated rings. The highest BCUT2D eigenvalue weighted by Crippen LogP contribution is 2.42. The summed E-state index contributed by atoms with van der Waals surface area (Å²) in [7, 11) is -1.22. The summed E-state index contributed by atoms with van der Waals surface area (Å²) in [4.78, 5) is 21.8. The highest BCUT2D eigenvalue weighted by Gasteiger charge is 2.41. The predicted octanol–water partition coefficient (Wildman–Crippen LogP) is 2.69. The first-order valence-electron chi connectivity index (χ1n) is 7.32. The van der Waals surface area contributed by atoms with E-state index in [0.29, 0.717) is 13.2 Å². The molecule has 0 bridgehead atoms. The first-order chi connectivity index (χ1) is 9.65. The Labute approximate surface area is 118 Å². The lowest BCUT2D eigenvalue weighted by atomic mass is 10.3. The quantitative estimate of drug-likeness (QED) is 0.555. The Bertz CT molecular complexity index is 362. The number of ether oxygens (including phenoxy) is 4. The van der Waals surface area contributed by atoms with Gasteiger partial charge in [0.1, 0.15) is 25.4 Å². The lowest BCUT2D eigenvalue weighted by Crippen LogP contribution is -2.42. The smallest absolute Gasteiger partial charge is 0.430 e. The average Bonchev–Trinajstić information content (AvgIpc) is 2.97. The fourth-order valence-electron chi connectivity index (χ4n) is 3.25. The van der Waals surface area contributed by atoms with Gasteiger partial charge in [-0.05, 0) is 12.8 Å². The van der Waals surface area contributed by atoms with E-state index in [1.54, 1.807) is 0 Å². The Balaban J connectivity index is 1.42. The van der Waals surface area contributed by atoms with Crippen LogP contribution in [0.1, 0.15) is 19.3 Å². The predicted molar refractivity (Wildman–Crippen MR) is 71.3 cm³/mol. The summed E-state index contributed by atoms with van der Waals surface area (Å²) in [6, 6.07) is 5.04. The fourth-order valence-corrected chi connectivity index (χ4v) is 7.72. The third-order valence-corrected chi connectivity index (χ3v) is 10.2. The van der Waals surface area contributed by atoms with Crippen molar-refractivity contribution in [3.63, 3.8) is 0 Å². The van der Waals surface area contributed by atoms with Crippen LogP contribution >= 0.6 is 0 Å². The van der Waals surface area contributed by atoms with Crippen LogP contribution in [-0.4, -0.2) is 45.8 Å². The third-order valence-electron chi connectivity index (χ3n) is 4.71. The Hall–Kier alpha value is -1.24. The zero-order chi connectivity index (χ0) is 14.0. The zero-order valence-corrected chi connectivity index (χ0v) is 12.5. The van der Waals surface area contributed by atoms with E-state index < -0.39 is 20.4 Å². The zero-order valence-electron chi connectivity index (χ0n) is 11.5. The fraction of sp³-hybridized carbons (Fsp3) is 0.846. The van der Waals surface area contributed by atoms with Gasteiger partial charge in [0.2, 0.25) is 0 Å². The van der Waals surface area contributed by atoms with Crippen molar-refractivity contribution < 1.29 is 28.5 Å². The molecule has 0 spiro atoms. The molecule has 3 heterocycles. The van der Waals surface area contributed by atoms with Gasteiger partial charge in [0, 0.05) is 0 Å². The maximum Gasteiger partial charge on any atom is 0.508 e. The molecule has 3 aliphatic heterocycles. The summed E-state index contributed by atoms with van der Waals surface area (Å²) in [6.07, 6.45) is 1.97. The second-order valence-corrected chi connectivity index (χ2v) is 11.0. The van der Waals surface area contributed by atoms with Crippen molar-refractivity contribution in [2.24, 2.45) is 0 Å². The van der Waals surface area contributed by atoms with E-state index in [9.17, 15) is 9.59 Å². The SMILES string of the molecule is O=C1OCC(CC[Si]2(CCC3COC(=O)O3)CCC2)O1. The van der Waals surface area contributed by atoms with Gasteiger partial charge in [-0.15, -0.1) is 0 Å². The minimum Gasteiger partial charge on any atom is -0.430 e. The summed E-state index contributed by atoms with van der Waals surface area (Å²) in [5, 5.41) is 0. The minimum absolute atomic E-state index is 0.0554. The van der Waals surface area contributed by atoms with Crippen LogP contribution in [0, 0.1) is 0 Å². The molecule has 0 amide bonds. The van der Waals surface area contributed by atoms with E-state index in [2.05, 4.69) is 0 Å². The Morgan fingerprint density at radius 2 is 1.40 bits per heavy atom. The molecule has 112 valence electrons. The number of hydrogen-bond acceptors (Lipinski definition) is 6. The normalized spacial score (nSPS) is 31.0. The highest BCUT2D eigenvalue weighted by molar-refractivity contribution is 6.82. The lowest BCUT2D eigenvalue weighted by molar-refractivity contribution is 0.116. The molecule has 0 saturated carbocycles. The highest BCUT2D eigenvalue weighted by atomic mass is 28.3. The standard InChI is InChI=1S/C13H20O6Si/c14-12-16-8-10(18-12)2-6-20(4-1-5-20)7-3-11-9-17-13(15)19-11/h10-11H,1-9H2. The lowest BCUT2D eigenvalue weighted by Gasteiger charge is -2.41. The van der Waals surface area contributed by atoms with Crippen LogP contribution in [0.3, 0.4) is 0 Å². The van der Waals surface area contributed by atoms with Gasteiger partial charge in [-0.1, -0.05) is 30.6 Å². The molecule has 2 unspecified atom stereocenters. The van der Waals surface area contributed by atoms with Gasteiger partial charge in [-0.25, -0.2) is 9.59 Å². The van der Waals surface area contributed by atoms with Crippen molar-refractivity contribution in [2.45, 2.75) is 55.6 Å². The summed E-state index contributed by atoms with van der Waals surface area (Å²) >= 11 is 0. The molecular weight excluding hydrogens is 280 g/mol. The molecule has 3 aliphatic rings. The Kier molecular flexibility index (Phi) is 3.86. The van der Waals surface area contributed by atoms with Crippen LogP contribution in [-0.2, 0) is 18.9 Å². The van der Waals surface area contributed by atoms with Crippen LogP contribution in [0.5, 0.6) is 0 Å². The van der Waals surface area contributed by atoms with E-state index in [4.69, 9.17) is 18.9 Å². The molecule has 6 nitrogen and oxygen atoms in total. The van der Waals surface area contributed by atoms with E-state index in [0.717, 1.165) is 12.8 Å². The minimum atomic E-state index is -1.22. The molecule has 2 atom stereocenters. The molecular formula is C13H20O6Si. The van der Waals surface area contributed by atoms with Crippen LogP contribution in [0.25, 0.3) is 0 Å². The van der Waals surface area contributed by atoms with Crippen LogP contribution in [0.15, 0.2) is 0 Å². The molecule has 0 aromatic carbocycles. The van der Waals surface area contributed by atoms with Gasteiger partial charge in [0.05, 0.1) is 8.07 Å². The molecule has 7 heteroatoms. The van der Waals surface area contributed by atoms with E-state index in [-0.39, 0.29) is 12.2 Å². The number of hydrogen-bond donors (Lipinski definition) is 0. The van der Waals surface area contributed by atoms with E-state index in [1.165, 1.54) is 30.6 Å². The molecule has 3 saturated heterocycles.